The summed E-state index contributed by atoms with van der Waals surface area (Å²) in [6, 6.07) is 8.61. The van der Waals surface area contributed by atoms with Crippen molar-refractivity contribution in [3.05, 3.63) is 51.2 Å². The molecule has 0 bridgehead atoms. The van der Waals surface area contributed by atoms with Crippen molar-refractivity contribution in [2.45, 2.75) is 32.9 Å². The highest BCUT2D eigenvalue weighted by molar-refractivity contribution is 7.10. The zero-order valence-corrected chi connectivity index (χ0v) is 12.2. The van der Waals surface area contributed by atoms with Crippen molar-refractivity contribution in [2.24, 2.45) is 0 Å². The minimum Gasteiger partial charge on any atom is -0.488 e. The summed E-state index contributed by atoms with van der Waals surface area (Å²) in [4.78, 5) is 1.42. The molecule has 2 aromatic rings. The van der Waals surface area contributed by atoms with E-state index in [0.29, 0.717) is 0 Å². The van der Waals surface area contributed by atoms with E-state index >= 15 is 0 Å². The molecule has 1 aliphatic rings. The van der Waals surface area contributed by atoms with Crippen LogP contribution in [-0.4, -0.2) is 12.6 Å². The molecule has 1 N–H and O–H groups in total. The van der Waals surface area contributed by atoms with Crippen molar-refractivity contribution in [3.8, 4) is 5.75 Å². The number of ether oxygens (including phenoxy) is 1. The molecule has 0 fully saturated rings. The minimum atomic E-state index is 0.275. The molecule has 1 unspecified atom stereocenters. The van der Waals surface area contributed by atoms with E-state index in [1.54, 1.807) is 0 Å². The maximum absolute atomic E-state index is 5.95. The molecule has 19 heavy (non-hydrogen) atoms. The molecular weight excluding hydrogens is 254 g/mol. The highest BCUT2D eigenvalue weighted by Crippen LogP contribution is 2.29. The van der Waals surface area contributed by atoms with E-state index in [4.69, 9.17) is 4.74 Å². The van der Waals surface area contributed by atoms with Gasteiger partial charge in [-0.1, -0.05) is 17.7 Å². The van der Waals surface area contributed by atoms with Gasteiger partial charge in [-0.05, 0) is 42.5 Å². The van der Waals surface area contributed by atoms with Gasteiger partial charge in [0.1, 0.15) is 11.9 Å². The lowest BCUT2D eigenvalue weighted by atomic mass is 10.1. The first kappa shape index (κ1) is 12.7. The molecule has 1 aliphatic heterocycles. The van der Waals surface area contributed by atoms with E-state index in [1.807, 2.05) is 11.3 Å². The van der Waals surface area contributed by atoms with Crippen LogP contribution in [0.15, 0.2) is 29.6 Å². The minimum absolute atomic E-state index is 0.275. The Labute approximate surface area is 118 Å². The second-order valence-electron chi connectivity index (χ2n) is 5.21. The van der Waals surface area contributed by atoms with Crippen molar-refractivity contribution in [2.75, 3.05) is 6.54 Å². The van der Waals surface area contributed by atoms with Crippen LogP contribution in [0, 0.1) is 13.8 Å². The van der Waals surface area contributed by atoms with Crippen LogP contribution in [-0.2, 0) is 13.0 Å². The first-order valence-electron chi connectivity index (χ1n) is 6.72. The van der Waals surface area contributed by atoms with Gasteiger partial charge in [-0.15, -0.1) is 11.3 Å². The fraction of sp³-hybridized carbons (Fsp3) is 0.375. The summed E-state index contributed by atoms with van der Waals surface area (Å²) in [5, 5.41) is 5.66. The summed E-state index contributed by atoms with van der Waals surface area (Å²) in [5.41, 5.74) is 4.04. The number of fused-ring (bicyclic) bond motifs is 1. The molecule has 1 atom stereocenters. The van der Waals surface area contributed by atoms with E-state index < -0.39 is 0 Å². The van der Waals surface area contributed by atoms with Gasteiger partial charge in [0.15, 0.2) is 0 Å². The number of aryl methyl sites for hydroxylation is 2. The second-order valence-corrected chi connectivity index (χ2v) is 6.21. The Kier molecular flexibility index (Phi) is 3.58. The van der Waals surface area contributed by atoms with Gasteiger partial charge in [-0.2, -0.15) is 0 Å². The van der Waals surface area contributed by atoms with Crippen LogP contribution in [0.5, 0.6) is 5.75 Å². The van der Waals surface area contributed by atoms with Crippen LogP contribution in [0.4, 0.5) is 0 Å². The lowest BCUT2D eigenvalue weighted by molar-refractivity contribution is 0.227. The summed E-state index contributed by atoms with van der Waals surface area (Å²) in [6.07, 6.45) is 1.30. The summed E-state index contributed by atoms with van der Waals surface area (Å²) < 4.78 is 5.95. The van der Waals surface area contributed by atoms with Crippen LogP contribution in [0.25, 0.3) is 0 Å². The molecule has 2 heterocycles. The molecule has 0 amide bonds. The Hall–Kier alpha value is -1.32. The first-order chi connectivity index (χ1) is 9.22. The second kappa shape index (κ2) is 5.35. The fourth-order valence-electron chi connectivity index (χ4n) is 2.49. The largest absolute Gasteiger partial charge is 0.488 e. The fourth-order valence-corrected chi connectivity index (χ4v) is 3.37. The number of hydrogen-bond acceptors (Lipinski definition) is 3. The van der Waals surface area contributed by atoms with Gasteiger partial charge in [0.2, 0.25) is 0 Å². The van der Waals surface area contributed by atoms with Gasteiger partial charge in [0, 0.05) is 24.4 Å². The third-order valence-electron chi connectivity index (χ3n) is 3.58. The number of hydrogen-bond donors (Lipinski definition) is 1. The zero-order valence-electron chi connectivity index (χ0n) is 11.4. The molecule has 1 aromatic carbocycles. The Morgan fingerprint density at radius 1 is 1.32 bits per heavy atom. The van der Waals surface area contributed by atoms with Crippen molar-refractivity contribution in [3.63, 3.8) is 0 Å². The highest BCUT2D eigenvalue weighted by Gasteiger charge is 2.22. The molecule has 1 aromatic heterocycles. The molecular formula is C16H19NOS. The Morgan fingerprint density at radius 2 is 2.21 bits per heavy atom. The molecule has 0 saturated heterocycles. The molecule has 0 radical (unpaired) electrons. The average Bonchev–Trinajstić information content (AvgIpc) is 2.95. The number of nitrogens with one attached hydrogen (secondary N) is 1. The third kappa shape index (κ3) is 2.82. The van der Waals surface area contributed by atoms with Crippen LogP contribution in [0.1, 0.15) is 21.6 Å². The summed E-state index contributed by atoms with van der Waals surface area (Å²) in [7, 11) is 0. The molecule has 3 heteroatoms. The Morgan fingerprint density at radius 3 is 3.00 bits per heavy atom. The van der Waals surface area contributed by atoms with Crippen molar-refractivity contribution in [1.29, 1.82) is 0 Å². The quantitative estimate of drug-likeness (QED) is 0.921. The van der Waals surface area contributed by atoms with Crippen molar-refractivity contribution < 1.29 is 4.74 Å². The topological polar surface area (TPSA) is 21.3 Å². The number of benzene rings is 1. The van der Waals surface area contributed by atoms with Gasteiger partial charge < -0.3 is 10.1 Å². The lowest BCUT2D eigenvalue weighted by Crippen LogP contribution is -2.29. The van der Waals surface area contributed by atoms with Crippen LogP contribution >= 0.6 is 11.3 Å². The summed E-state index contributed by atoms with van der Waals surface area (Å²) in [5.74, 6) is 1.06. The van der Waals surface area contributed by atoms with E-state index in [-0.39, 0.29) is 6.10 Å². The smallest absolute Gasteiger partial charge is 0.123 e. The van der Waals surface area contributed by atoms with Crippen LogP contribution in [0.2, 0.25) is 0 Å². The molecule has 3 rings (SSSR count). The Bertz CT molecular complexity index is 576. The molecule has 0 saturated carbocycles. The van der Waals surface area contributed by atoms with Crippen LogP contribution < -0.4 is 10.1 Å². The van der Waals surface area contributed by atoms with Gasteiger partial charge >= 0.3 is 0 Å². The molecule has 0 aliphatic carbocycles. The van der Waals surface area contributed by atoms with Crippen molar-refractivity contribution >= 4 is 11.3 Å². The average molecular weight is 273 g/mol. The highest BCUT2D eigenvalue weighted by atomic mass is 32.1. The zero-order chi connectivity index (χ0) is 13.2. The maximum atomic E-state index is 5.95. The molecule has 0 spiro atoms. The lowest BCUT2D eigenvalue weighted by Gasteiger charge is -2.11. The normalized spacial score (nSPS) is 17.3. The number of rotatable bonds is 4. The maximum Gasteiger partial charge on any atom is 0.123 e. The Balaban J connectivity index is 1.52. The summed E-state index contributed by atoms with van der Waals surface area (Å²) >= 11 is 1.82. The van der Waals surface area contributed by atoms with Gasteiger partial charge in [0.25, 0.3) is 0 Å². The van der Waals surface area contributed by atoms with E-state index in [0.717, 1.165) is 25.3 Å². The standard InChI is InChI=1S/C16H19NOS/c1-11-3-4-15-13(7-11)8-14(18-15)9-17-10-16-12(2)5-6-19-16/h3-7,14,17H,8-10H2,1-2H3. The predicted molar refractivity (Wildman–Crippen MR) is 80.1 cm³/mol. The van der Waals surface area contributed by atoms with Gasteiger partial charge in [-0.3, -0.25) is 0 Å². The predicted octanol–water partition coefficient (Wildman–Crippen LogP) is 3.46. The van der Waals surface area contributed by atoms with Gasteiger partial charge in [0.05, 0.1) is 0 Å². The third-order valence-corrected chi connectivity index (χ3v) is 4.61. The molecule has 100 valence electrons. The first-order valence-corrected chi connectivity index (χ1v) is 7.60. The van der Waals surface area contributed by atoms with E-state index in [2.05, 4.69) is 48.8 Å². The van der Waals surface area contributed by atoms with E-state index in [1.165, 1.54) is 21.6 Å². The number of thiophene rings is 1. The van der Waals surface area contributed by atoms with Crippen LogP contribution in [0.3, 0.4) is 0 Å². The summed E-state index contributed by atoms with van der Waals surface area (Å²) in [6.45, 7) is 6.15. The molecule has 2 nitrogen and oxygen atoms in total. The van der Waals surface area contributed by atoms with Crippen molar-refractivity contribution in [1.82, 2.24) is 5.32 Å². The van der Waals surface area contributed by atoms with E-state index in [9.17, 15) is 0 Å². The monoisotopic (exact) mass is 273 g/mol. The van der Waals surface area contributed by atoms with Gasteiger partial charge in [-0.25, -0.2) is 0 Å². The SMILES string of the molecule is Cc1ccc2c(c1)CC(CNCc1sccc1C)O2.